The van der Waals surface area contributed by atoms with Gasteiger partial charge in [-0.15, -0.1) is 11.3 Å². The van der Waals surface area contributed by atoms with E-state index in [0.717, 1.165) is 51.2 Å². The van der Waals surface area contributed by atoms with Crippen molar-refractivity contribution in [2.24, 2.45) is 0 Å². The molecular weight excluding hydrogens is 323 g/mol. The third kappa shape index (κ3) is 2.10. The monoisotopic (exact) mass is 340 g/mol. The van der Waals surface area contributed by atoms with Crippen LogP contribution in [-0.2, 0) is 5.67 Å². The van der Waals surface area contributed by atoms with Crippen molar-refractivity contribution >= 4 is 32.5 Å². The molecule has 0 bridgehead atoms. The Balaban J connectivity index is 1.60. The van der Waals surface area contributed by atoms with Gasteiger partial charge in [-0.05, 0) is 55.1 Å². The molecule has 0 radical (unpaired) electrons. The zero-order chi connectivity index (χ0) is 16.1. The first kappa shape index (κ1) is 14.2. The van der Waals surface area contributed by atoms with Crippen LogP contribution in [0, 0.1) is 0 Å². The van der Waals surface area contributed by atoms with Crippen LogP contribution in [0.15, 0.2) is 35.7 Å². The molecule has 1 fully saturated rings. The summed E-state index contributed by atoms with van der Waals surface area (Å²) in [5, 5.41) is 13.8. The zero-order valence-corrected chi connectivity index (χ0v) is 13.8. The third-order valence-corrected chi connectivity index (χ3v) is 5.88. The molecule has 4 aromatic rings. The number of nitrogens with zero attached hydrogens (tertiary/aromatic N) is 1. The molecule has 5 rings (SSSR count). The normalized spacial score (nSPS) is 17.7. The number of rotatable bonds is 2. The highest BCUT2D eigenvalue weighted by atomic mass is 32.1. The van der Waals surface area contributed by atoms with Crippen molar-refractivity contribution in [2.45, 2.75) is 18.5 Å². The summed E-state index contributed by atoms with van der Waals surface area (Å²) < 4.78 is 16.4. The highest BCUT2D eigenvalue weighted by Crippen LogP contribution is 2.37. The molecule has 3 aromatic heterocycles. The molecule has 1 aliphatic rings. The molecule has 0 saturated carbocycles. The lowest BCUT2D eigenvalue weighted by atomic mass is 9.86. The number of aromatic amines is 2. The number of thiophene rings is 1. The Morgan fingerprint density at radius 3 is 2.83 bits per heavy atom. The number of piperidine rings is 1. The van der Waals surface area contributed by atoms with Gasteiger partial charge in [-0.2, -0.15) is 5.10 Å². The summed E-state index contributed by atoms with van der Waals surface area (Å²) in [7, 11) is 0. The van der Waals surface area contributed by atoms with E-state index < -0.39 is 5.67 Å². The maximum Gasteiger partial charge on any atom is 0.138 e. The molecule has 0 unspecified atom stereocenters. The quantitative estimate of drug-likeness (QED) is 0.509. The van der Waals surface area contributed by atoms with E-state index in [2.05, 4.69) is 31.9 Å². The highest BCUT2D eigenvalue weighted by molar-refractivity contribution is 7.17. The van der Waals surface area contributed by atoms with Crippen molar-refractivity contribution in [3.05, 3.63) is 41.3 Å². The van der Waals surface area contributed by atoms with E-state index in [-0.39, 0.29) is 0 Å². The average Bonchev–Trinajstić information content (AvgIpc) is 3.29. The van der Waals surface area contributed by atoms with Crippen molar-refractivity contribution < 1.29 is 4.39 Å². The van der Waals surface area contributed by atoms with Crippen LogP contribution in [-0.4, -0.2) is 28.3 Å². The van der Waals surface area contributed by atoms with Crippen molar-refractivity contribution in [3.8, 4) is 11.4 Å². The van der Waals surface area contributed by atoms with E-state index in [1.807, 2.05) is 24.3 Å². The summed E-state index contributed by atoms with van der Waals surface area (Å²) in [6.07, 6.45) is 1.06. The second kappa shape index (κ2) is 5.16. The summed E-state index contributed by atoms with van der Waals surface area (Å²) in [6.45, 7) is 1.46. The molecule has 0 spiro atoms. The minimum atomic E-state index is -1.22. The lowest BCUT2D eigenvalue weighted by Gasteiger charge is -2.30. The summed E-state index contributed by atoms with van der Waals surface area (Å²) in [5.41, 5.74) is 3.45. The van der Waals surface area contributed by atoms with Crippen LogP contribution in [0.5, 0.6) is 0 Å². The molecule has 4 heterocycles. The Morgan fingerprint density at radius 2 is 1.96 bits per heavy atom. The number of halogens is 1. The molecule has 1 aliphatic heterocycles. The fraction of sp³-hybridized carbons (Fsp3) is 0.278. The topological polar surface area (TPSA) is 56.5 Å². The zero-order valence-electron chi connectivity index (χ0n) is 13.0. The number of hydrogen-bond acceptors (Lipinski definition) is 3. The van der Waals surface area contributed by atoms with E-state index in [0.29, 0.717) is 12.8 Å². The number of benzene rings is 1. The Labute approximate surface area is 142 Å². The molecule has 4 nitrogen and oxygen atoms in total. The van der Waals surface area contributed by atoms with Crippen LogP contribution in [0.25, 0.3) is 32.5 Å². The van der Waals surface area contributed by atoms with Gasteiger partial charge in [-0.3, -0.25) is 5.10 Å². The molecule has 6 heteroatoms. The summed E-state index contributed by atoms with van der Waals surface area (Å²) in [5.74, 6) is 0. The molecule has 0 atom stereocenters. The molecule has 24 heavy (non-hydrogen) atoms. The van der Waals surface area contributed by atoms with E-state index in [4.69, 9.17) is 0 Å². The number of H-pyrrole nitrogens is 2. The van der Waals surface area contributed by atoms with Gasteiger partial charge in [0.05, 0.1) is 15.9 Å². The first-order valence-corrected chi connectivity index (χ1v) is 9.06. The predicted molar refractivity (Wildman–Crippen MR) is 96.2 cm³/mol. The van der Waals surface area contributed by atoms with Gasteiger partial charge in [0.25, 0.3) is 0 Å². The minimum Gasteiger partial charge on any atom is -0.353 e. The van der Waals surface area contributed by atoms with Crippen LogP contribution in [0.2, 0.25) is 0 Å². The molecule has 1 aromatic carbocycles. The summed E-state index contributed by atoms with van der Waals surface area (Å²) in [6, 6.07) is 10.0. The summed E-state index contributed by atoms with van der Waals surface area (Å²) in [4.78, 5) is 3.42. The van der Waals surface area contributed by atoms with Crippen LogP contribution < -0.4 is 5.32 Å². The standard InChI is InChI=1S/C18H17FN4S/c19-18(4-6-20-7-5-18)12-2-1-11-9-15(21-14(11)10-12)16-17-13(22-23-16)3-8-24-17/h1-3,8-10,20-21H,4-7H2,(H,22,23). The fourth-order valence-electron chi connectivity index (χ4n) is 3.58. The predicted octanol–water partition coefficient (Wildman–Crippen LogP) is 4.32. The maximum absolute atomic E-state index is 15.2. The van der Waals surface area contributed by atoms with Gasteiger partial charge >= 0.3 is 0 Å². The van der Waals surface area contributed by atoms with Gasteiger partial charge < -0.3 is 10.3 Å². The van der Waals surface area contributed by atoms with Crippen LogP contribution in [0.1, 0.15) is 18.4 Å². The van der Waals surface area contributed by atoms with Gasteiger partial charge in [0.2, 0.25) is 0 Å². The number of hydrogen-bond donors (Lipinski definition) is 3. The van der Waals surface area contributed by atoms with Crippen molar-refractivity contribution in [2.75, 3.05) is 13.1 Å². The third-order valence-electron chi connectivity index (χ3n) is 4.96. The molecular formula is C18H17FN4S. The van der Waals surface area contributed by atoms with E-state index in [1.54, 1.807) is 11.3 Å². The lowest BCUT2D eigenvalue weighted by molar-refractivity contribution is 0.115. The Kier molecular flexibility index (Phi) is 3.05. The molecule has 3 N–H and O–H groups in total. The van der Waals surface area contributed by atoms with Crippen LogP contribution in [0.3, 0.4) is 0 Å². The van der Waals surface area contributed by atoms with Crippen LogP contribution >= 0.6 is 11.3 Å². The first-order valence-electron chi connectivity index (χ1n) is 8.18. The summed E-state index contributed by atoms with van der Waals surface area (Å²) >= 11 is 1.67. The number of alkyl halides is 1. The fourth-order valence-corrected chi connectivity index (χ4v) is 4.42. The van der Waals surface area contributed by atoms with E-state index in [9.17, 15) is 0 Å². The average molecular weight is 340 g/mol. The molecule has 1 saturated heterocycles. The molecule has 0 aliphatic carbocycles. The van der Waals surface area contributed by atoms with Gasteiger partial charge in [0.1, 0.15) is 11.4 Å². The molecule has 122 valence electrons. The minimum absolute atomic E-state index is 0.529. The van der Waals surface area contributed by atoms with Crippen molar-refractivity contribution in [1.82, 2.24) is 20.5 Å². The van der Waals surface area contributed by atoms with E-state index >= 15 is 4.39 Å². The second-order valence-electron chi connectivity index (χ2n) is 6.44. The number of aromatic nitrogens is 3. The smallest absolute Gasteiger partial charge is 0.138 e. The Morgan fingerprint density at radius 1 is 1.08 bits per heavy atom. The number of nitrogens with one attached hydrogen (secondary N) is 3. The van der Waals surface area contributed by atoms with Crippen molar-refractivity contribution in [1.29, 1.82) is 0 Å². The van der Waals surface area contributed by atoms with Gasteiger partial charge in [-0.1, -0.05) is 12.1 Å². The van der Waals surface area contributed by atoms with Crippen LogP contribution in [0.4, 0.5) is 4.39 Å². The number of fused-ring (bicyclic) bond motifs is 2. The SMILES string of the molecule is FC1(c2ccc3cc(-c4n[nH]c5ccsc45)[nH]c3c2)CCNCC1. The Hall–Kier alpha value is -2.18. The first-order chi connectivity index (χ1) is 11.7. The molecule has 0 amide bonds. The Bertz CT molecular complexity index is 1020. The second-order valence-corrected chi connectivity index (χ2v) is 7.35. The van der Waals surface area contributed by atoms with Gasteiger partial charge in [-0.25, -0.2) is 4.39 Å². The van der Waals surface area contributed by atoms with Crippen molar-refractivity contribution in [3.63, 3.8) is 0 Å². The maximum atomic E-state index is 15.2. The lowest BCUT2D eigenvalue weighted by Crippen LogP contribution is -2.36. The van der Waals surface area contributed by atoms with E-state index in [1.165, 1.54) is 0 Å². The van der Waals surface area contributed by atoms with Gasteiger partial charge in [0, 0.05) is 10.9 Å². The largest absolute Gasteiger partial charge is 0.353 e. The highest BCUT2D eigenvalue weighted by Gasteiger charge is 2.33. The van der Waals surface area contributed by atoms with Gasteiger partial charge in [0.15, 0.2) is 0 Å².